The monoisotopic (exact) mass is 282 g/mol. The van der Waals surface area contributed by atoms with E-state index in [1.807, 2.05) is 13.8 Å². The Labute approximate surface area is 118 Å². The molecule has 0 saturated heterocycles. The maximum Gasteiger partial charge on any atom is 0.323 e. The van der Waals surface area contributed by atoms with E-state index in [0.29, 0.717) is 24.5 Å². The van der Waals surface area contributed by atoms with Gasteiger partial charge in [-0.25, -0.2) is 5.84 Å². The maximum absolute atomic E-state index is 5.54. The third-order valence-electron chi connectivity index (χ3n) is 2.85. The first-order valence-corrected chi connectivity index (χ1v) is 6.79. The second-order valence-electron chi connectivity index (χ2n) is 4.97. The molecule has 112 valence electrons. The third-order valence-corrected chi connectivity index (χ3v) is 2.85. The van der Waals surface area contributed by atoms with Gasteiger partial charge in [0.1, 0.15) is 0 Å². The van der Waals surface area contributed by atoms with Crippen molar-refractivity contribution in [3.05, 3.63) is 0 Å². The standard InChI is InChI=1S/C12H22N6O2/c1-8(2)20-12-15-10(17-13)14-11(16-12)18(6-7-19-3)9-4-5-9/h8-9H,4-7,13H2,1-3H3,(H,14,15,16,17). The molecule has 0 atom stereocenters. The van der Waals surface area contributed by atoms with Gasteiger partial charge >= 0.3 is 6.01 Å². The Morgan fingerprint density at radius 3 is 2.65 bits per heavy atom. The van der Waals surface area contributed by atoms with E-state index >= 15 is 0 Å². The van der Waals surface area contributed by atoms with Crippen molar-refractivity contribution in [2.75, 3.05) is 30.6 Å². The molecule has 1 aliphatic rings. The van der Waals surface area contributed by atoms with Crippen LogP contribution in [0.3, 0.4) is 0 Å². The second kappa shape index (κ2) is 6.67. The molecule has 0 spiro atoms. The van der Waals surface area contributed by atoms with Crippen molar-refractivity contribution in [1.29, 1.82) is 0 Å². The highest BCUT2D eigenvalue weighted by molar-refractivity contribution is 5.40. The van der Waals surface area contributed by atoms with Crippen molar-refractivity contribution in [2.24, 2.45) is 5.84 Å². The second-order valence-corrected chi connectivity index (χ2v) is 4.97. The lowest BCUT2D eigenvalue weighted by atomic mass is 10.5. The van der Waals surface area contributed by atoms with Gasteiger partial charge in [0.05, 0.1) is 12.7 Å². The number of hydrogen-bond acceptors (Lipinski definition) is 8. The summed E-state index contributed by atoms with van der Waals surface area (Å²) in [6, 6.07) is 0.742. The lowest BCUT2D eigenvalue weighted by Gasteiger charge is -2.22. The summed E-state index contributed by atoms with van der Waals surface area (Å²) in [5.74, 6) is 6.28. The third kappa shape index (κ3) is 3.91. The minimum absolute atomic E-state index is 0.00998. The maximum atomic E-state index is 5.54. The van der Waals surface area contributed by atoms with Crippen LogP contribution in [0.2, 0.25) is 0 Å². The van der Waals surface area contributed by atoms with E-state index in [9.17, 15) is 0 Å². The van der Waals surface area contributed by atoms with E-state index in [2.05, 4.69) is 25.3 Å². The Kier molecular flexibility index (Phi) is 4.91. The van der Waals surface area contributed by atoms with Gasteiger partial charge in [-0.1, -0.05) is 0 Å². The van der Waals surface area contributed by atoms with Gasteiger partial charge < -0.3 is 14.4 Å². The van der Waals surface area contributed by atoms with Crippen LogP contribution in [-0.4, -0.2) is 47.4 Å². The van der Waals surface area contributed by atoms with E-state index in [1.54, 1.807) is 7.11 Å². The average molecular weight is 282 g/mol. The highest BCUT2D eigenvalue weighted by Crippen LogP contribution is 2.30. The predicted molar refractivity (Wildman–Crippen MR) is 75.6 cm³/mol. The number of methoxy groups -OCH3 is 1. The molecule has 0 amide bonds. The van der Waals surface area contributed by atoms with Gasteiger partial charge in [0, 0.05) is 19.7 Å². The fourth-order valence-electron chi connectivity index (χ4n) is 1.82. The summed E-state index contributed by atoms with van der Waals surface area (Å²) in [5.41, 5.74) is 2.45. The summed E-state index contributed by atoms with van der Waals surface area (Å²) in [7, 11) is 1.68. The number of ether oxygens (including phenoxy) is 2. The lowest BCUT2D eigenvalue weighted by molar-refractivity contribution is 0.204. The van der Waals surface area contributed by atoms with Crippen molar-refractivity contribution in [1.82, 2.24) is 15.0 Å². The molecule has 20 heavy (non-hydrogen) atoms. The molecular formula is C12H22N6O2. The van der Waals surface area contributed by atoms with E-state index in [0.717, 1.165) is 19.4 Å². The summed E-state index contributed by atoms with van der Waals surface area (Å²) < 4.78 is 10.7. The van der Waals surface area contributed by atoms with Crippen molar-refractivity contribution >= 4 is 11.9 Å². The van der Waals surface area contributed by atoms with E-state index < -0.39 is 0 Å². The molecular weight excluding hydrogens is 260 g/mol. The Hall–Kier alpha value is -1.67. The lowest BCUT2D eigenvalue weighted by Crippen LogP contribution is -2.32. The van der Waals surface area contributed by atoms with Gasteiger partial charge in [-0.15, -0.1) is 0 Å². The van der Waals surface area contributed by atoms with Crippen LogP contribution in [0.15, 0.2) is 0 Å². The number of hydrazine groups is 1. The molecule has 2 rings (SSSR count). The van der Waals surface area contributed by atoms with Crippen molar-refractivity contribution in [2.45, 2.75) is 38.8 Å². The molecule has 0 bridgehead atoms. The first-order chi connectivity index (χ1) is 9.63. The van der Waals surface area contributed by atoms with Gasteiger partial charge in [-0.05, 0) is 26.7 Å². The fraction of sp³-hybridized carbons (Fsp3) is 0.750. The smallest absolute Gasteiger partial charge is 0.323 e. The Morgan fingerprint density at radius 1 is 1.35 bits per heavy atom. The van der Waals surface area contributed by atoms with E-state index in [-0.39, 0.29) is 12.1 Å². The average Bonchev–Trinajstić information content (AvgIpc) is 3.22. The predicted octanol–water partition coefficient (Wildman–Crippen LogP) is 0.560. The topological polar surface area (TPSA) is 98.4 Å². The Balaban J connectivity index is 2.22. The van der Waals surface area contributed by atoms with Crippen LogP contribution in [0.1, 0.15) is 26.7 Å². The van der Waals surface area contributed by atoms with Gasteiger partial charge in [0.2, 0.25) is 11.9 Å². The van der Waals surface area contributed by atoms with Crippen molar-refractivity contribution in [3.63, 3.8) is 0 Å². The van der Waals surface area contributed by atoms with Crippen LogP contribution in [0.4, 0.5) is 11.9 Å². The molecule has 8 heteroatoms. The molecule has 1 fully saturated rings. The first kappa shape index (κ1) is 14.7. The van der Waals surface area contributed by atoms with Gasteiger partial charge in [0.25, 0.3) is 0 Å². The number of nitrogens with one attached hydrogen (secondary N) is 1. The number of aromatic nitrogens is 3. The molecule has 3 N–H and O–H groups in total. The molecule has 1 aromatic rings. The summed E-state index contributed by atoms with van der Waals surface area (Å²) in [6.45, 7) is 5.19. The Morgan fingerprint density at radius 2 is 2.10 bits per heavy atom. The summed E-state index contributed by atoms with van der Waals surface area (Å²) in [4.78, 5) is 14.9. The SMILES string of the molecule is COCCN(c1nc(NN)nc(OC(C)C)n1)C1CC1. The number of nitrogen functional groups attached to an aromatic ring is 1. The summed E-state index contributed by atoms with van der Waals surface area (Å²) in [6.07, 6.45) is 2.27. The molecule has 0 radical (unpaired) electrons. The molecule has 0 aliphatic heterocycles. The number of nitrogens with two attached hydrogens (primary N) is 1. The number of hydrogen-bond donors (Lipinski definition) is 2. The van der Waals surface area contributed by atoms with Gasteiger partial charge in [-0.3, -0.25) is 5.43 Å². The van der Waals surface area contributed by atoms with Crippen molar-refractivity contribution < 1.29 is 9.47 Å². The zero-order chi connectivity index (χ0) is 14.5. The van der Waals surface area contributed by atoms with Crippen LogP contribution < -0.4 is 20.9 Å². The molecule has 8 nitrogen and oxygen atoms in total. The molecule has 0 unspecified atom stereocenters. The minimum Gasteiger partial charge on any atom is -0.461 e. The number of rotatable bonds is 8. The summed E-state index contributed by atoms with van der Waals surface area (Å²) >= 11 is 0. The normalized spacial score (nSPS) is 14.4. The highest BCUT2D eigenvalue weighted by atomic mass is 16.5. The molecule has 1 aromatic heterocycles. The molecule has 1 aliphatic carbocycles. The number of anilines is 2. The minimum atomic E-state index is -0.00998. The fourth-order valence-corrected chi connectivity index (χ4v) is 1.82. The quantitative estimate of drug-likeness (QED) is 0.527. The van der Waals surface area contributed by atoms with Crippen LogP contribution in [0, 0.1) is 0 Å². The Bertz CT molecular complexity index is 438. The van der Waals surface area contributed by atoms with Crippen LogP contribution >= 0.6 is 0 Å². The molecule has 1 saturated carbocycles. The van der Waals surface area contributed by atoms with Crippen LogP contribution in [-0.2, 0) is 4.74 Å². The highest BCUT2D eigenvalue weighted by Gasteiger charge is 2.31. The van der Waals surface area contributed by atoms with Crippen LogP contribution in [0.5, 0.6) is 6.01 Å². The molecule has 0 aromatic carbocycles. The van der Waals surface area contributed by atoms with Crippen LogP contribution in [0.25, 0.3) is 0 Å². The molecule has 1 heterocycles. The largest absolute Gasteiger partial charge is 0.461 e. The zero-order valence-electron chi connectivity index (χ0n) is 12.2. The van der Waals surface area contributed by atoms with E-state index in [4.69, 9.17) is 15.3 Å². The number of nitrogens with zero attached hydrogens (tertiary/aromatic N) is 4. The van der Waals surface area contributed by atoms with Gasteiger partial charge in [0.15, 0.2) is 0 Å². The zero-order valence-corrected chi connectivity index (χ0v) is 12.2. The van der Waals surface area contributed by atoms with Gasteiger partial charge in [-0.2, -0.15) is 15.0 Å². The first-order valence-electron chi connectivity index (χ1n) is 6.79. The summed E-state index contributed by atoms with van der Waals surface area (Å²) in [5, 5.41) is 0. The van der Waals surface area contributed by atoms with E-state index in [1.165, 1.54) is 0 Å². The van der Waals surface area contributed by atoms with Crippen molar-refractivity contribution in [3.8, 4) is 6.01 Å².